The molecule has 5 heterocycles. The summed E-state index contributed by atoms with van der Waals surface area (Å²) in [4.78, 5) is 30.2. The zero-order valence-corrected chi connectivity index (χ0v) is 23.4. The van der Waals surface area contributed by atoms with Crippen LogP contribution in [0.2, 0.25) is 5.02 Å². The van der Waals surface area contributed by atoms with Crippen molar-refractivity contribution in [2.75, 3.05) is 36.5 Å². The summed E-state index contributed by atoms with van der Waals surface area (Å²) >= 11 is 6.31. The van der Waals surface area contributed by atoms with Gasteiger partial charge >= 0.3 is 6.09 Å². The number of hydrogen-bond donors (Lipinski definition) is 1. The van der Waals surface area contributed by atoms with Crippen LogP contribution < -0.4 is 15.0 Å². The van der Waals surface area contributed by atoms with Gasteiger partial charge in [-0.05, 0) is 64.3 Å². The molecule has 1 N–H and O–H groups in total. The summed E-state index contributed by atoms with van der Waals surface area (Å²) in [5.41, 5.74) is 0.725. The van der Waals surface area contributed by atoms with Crippen LogP contribution in [0, 0.1) is 5.82 Å². The third-order valence-electron chi connectivity index (χ3n) is 7.38. The van der Waals surface area contributed by atoms with E-state index in [0.717, 1.165) is 25.1 Å². The Balaban J connectivity index is 1.19. The number of likely N-dealkylation sites (tertiary alicyclic amines) is 1. The predicted molar refractivity (Wildman–Crippen MR) is 149 cm³/mol. The van der Waals surface area contributed by atoms with E-state index in [1.165, 1.54) is 6.33 Å². The summed E-state index contributed by atoms with van der Waals surface area (Å²) in [5, 5.41) is 2.92. The summed E-state index contributed by atoms with van der Waals surface area (Å²) in [5.74, 6) is 0.721. The van der Waals surface area contributed by atoms with Gasteiger partial charge in [0.15, 0.2) is 11.6 Å². The van der Waals surface area contributed by atoms with Crippen LogP contribution in [-0.2, 0) is 9.47 Å². The molecule has 12 heteroatoms. The van der Waals surface area contributed by atoms with E-state index in [1.807, 2.05) is 37.8 Å². The highest BCUT2D eigenvalue weighted by atomic mass is 35.5. The van der Waals surface area contributed by atoms with Crippen molar-refractivity contribution in [1.29, 1.82) is 0 Å². The number of carbonyl (C=O) groups excluding carboxylic acids is 1. The van der Waals surface area contributed by atoms with Gasteiger partial charge in [-0.25, -0.2) is 24.1 Å². The van der Waals surface area contributed by atoms with Crippen molar-refractivity contribution >= 4 is 46.1 Å². The minimum Gasteiger partial charge on any atom is -0.489 e. The first-order chi connectivity index (χ1) is 19.2. The standard InChI is InChI=1S/C28H32ClFN6O4/c1-28(2,3)40-27(37)36-13-16-11-17(36)12-35(16)22-9-7-20-25(34-22)26(32-15-31-20)33-19-6-8-21(23(29)24(19)30)39-14-18-5-4-10-38-18/h6-9,15-18H,4-5,10-14H2,1-3H3,(H,31,32,33)/t16-,17-,18+/m0/s1. The fraction of sp³-hybridized carbons (Fsp3) is 0.500. The summed E-state index contributed by atoms with van der Waals surface area (Å²) in [6.45, 7) is 7.86. The minimum absolute atomic E-state index is 0.00390. The fourth-order valence-corrected chi connectivity index (χ4v) is 5.72. The molecule has 1 aromatic carbocycles. The van der Waals surface area contributed by atoms with Crippen molar-refractivity contribution in [1.82, 2.24) is 19.9 Å². The van der Waals surface area contributed by atoms with Gasteiger partial charge in [0.2, 0.25) is 0 Å². The SMILES string of the molecule is CC(C)(C)OC(=O)N1C[C@@H]2C[C@H]1CN2c1ccc2ncnc(Nc3ccc(OC[C@H]4CCCO4)c(Cl)c3F)c2n1. The number of halogens is 2. The van der Waals surface area contributed by atoms with Crippen molar-refractivity contribution in [3.8, 4) is 5.75 Å². The lowest BCUT2D eigenvalue weighted by Crippen LogP contribution is -2.50. The van der Waals surface area contributed by atoms with Gasteiger partial charge in [0.25, 0.3) is 0 Å². The quantitative estimate of drug-likeness (QED) is 0.422. The molecule has 2 bridgehead atoms. The maximum atomic E-state index is 15.3. The number of fused-ring (bicyclic) bond motifs is 3. The first-order valence-electron chi connectivity index (χ1n) is 13.5. The monoisotopic (exact) mass is 570 g/mol. The number of pyridine rings is 1. The maximum absolute atomic E-state index is 15.3. The smallest absolute Gasteiger partial charge is 0.410 e. The third kappa shape index (κ3) is 5.32. The molecule has 0 aliphatic carbocycles. The van der Waals surface area contributed by atoms with E-state index >= 15 is 4.39 Å². The molecular formula is C28H32ClFN6O4. The Morgan fingerprint density at radius 2 is 2.05 bits per heavy atom. The van der Waals surface area contributed by atoms with Crippen LogP contribution in [0.25, 0.3) is 11.0 Å². The molecule has 6 rings (SSSR count). The van der Waals surface area contributed by atoms with Crippen LogP contribution in [-0.4, -0.2) is 76.0 Å². The number of anilines is 3. The van der Waals surface area contributed by atoms with Crippen LogP contribution in [0.5, 0.6) is 5.75 Å². The molecule has 0 saturated carbocycles. The molecule has 3 atom stereocenters. The number of nitrogens with zero attached hydrogens (tertiary/aromatic N) is 5. The zero-order chi connectivity index (χ0) is 28.0. The molecule has 3 fully saturated rings. The van der Waals surface area contributed by atoms with Crippen LogP contribution >= 0.6 is 11.6 Å². The number of rotatable bonds is 6. The number of piperazine rings is 1. The average Bonchev–Trinajstić information content (AvgIpc) is 3.68. The molecule has 1 amide bonds. The number of hydrogen-bond acceptors (Lipinski definition) is 9. The van der Waals surface area contributed by atoms with Crippen LogP contribution in [0.4, 0.5) is 26.5 Å². The van der Waals surface area contributed by atoms with E-state index < -0.39 is 11.4 Å². The number of amides is 1. The van der Waals surface area contributed by atoms with Gasteiger partial charge in [-0.15, -0.1) is 0 Å². The number of carbonyl (C=O) groups is 1. The molecule has 2 aromatic heterocycles. The second kappa shape index (κ2) is 10.5. The molecule has 10 nitrogen and oxygen atoms in total. The van der Waals surface area contributed by atoms with E-state index in [9.17, 15) is 4.79 Å². The molecule has 3 aliphatic rings. The van der Waals surface area contributed by atoms with Crippen molar-refractivity contribution < 1.29 is 23.4 Å². The summed E-state index contributed by atoms with van der Waals surface area (Å²) in [7, 11) is 0. The molecule has 3 saturated heterocycles. The maximum Gasteiger partial charge on any atom is 0.410 e. The second-order valence-corrected chi connectivity index (χ2v) is 11.8. The molecule has 3 aromatic rings. The lowest BCUT2D eigenvalue weighted by molar-refractivity contribution is 0.0214. The average molecular weight is 571 g/mol. The van der Waals surface area contributed by atoms with Crippen molar-refractivity contribution in [2.45, 2.75) is 63.8 Å². The molecule has 3 aliphatic heterocycles. The Bertz CT molecular complexity index is 1430. The number of benzene rings is 1. The number of aromatic nitrogens is 3. The summed E-state index contributed by atoms with van der Waals surface area (Å²) in [6.07, 6.45) is 3.87. The van der Waals surface area contributed by atoms with Gasteiger partial charge in [0, 0.05) is 19.7 Å². The van der Waals surface area contributed by atoms with Crippen molar-refractivity contribution in [2.24, 2.45) is 0 Å². The van der Waals surface area contributed by atoms with E-state index in [4.69, 9.17) is 30.8 Å². The van der Waals surface area contributed by atoms with E-state index in [1.54, 1.807) is 12.1 Å². The van der Waals surface area contributed by atoms with E-state index in [2.05, 4.69) is 20.2 Å². The van der Waals surface area contributed by atoms with Gasteiger partial charge < -0.3 is 29.3 Å². The van der Waals surface area contributed by atoms with Gasteiger partial charge in [0.05, 0.1) is 29.4 Å². The Morgan fingerprint density at radius 1 is 1.20 bits per heavy atom. The Hall–Kier alpha value is -3.44. The highest BCUT2D eigenvalue weighted by molar-refractivity contribution is 6.32. The zero-order valence-electron chi connectivity index (χ0n) is 22.7. The first-order valence-corrected chi connectivity index (χ1v) is 13.9. The Kier molecular flexibility index (Phi) is 7.03. The predicted octanol–water partition coefficient (Wildman–Crippen LogP) is 5.32. The lowest BCUT2D eigenvalue weighted by atomic mass is 10.2. The second-order valence-electron chi connectivity index (χ2n) is 11.4. The topological polar surface area (TPSA) is 102 Å². The van der Waals surface area contributed by atoms with E-state index in [-0.39, 0.29) is 40.7 Å². The van der Waals surface area contributed by atoms with Crippen LogP contribution in [0.15, 0.2) is 30.6 Å². The molecule has 40 heavy (non-hydrogen) atoms. The third-order valence-corrected chi connectivity index (χ3v) is 7.73. The molecule has 0 unspecified atom stereocenters. The first kappa shape index (κ1) is 26.8. The van der Waals surface area contributed by atoms with Crippen molar-refractivity contribution in [3.63, 3.8) is 0 Å². The normalized spacial score (nSPS) is 22.3. The van der Waals surface area contributed by atoms with Gasteiger partial charge in [-0.1, -0.05) is 11.6 Å². The van der Waals surface area contributed by atoms with Gasteiger partial charge in [-0.2, -0.15) is 0 Å². The number of nitrogens with one attached hydrogen (secondary N) is 1. The fourth-order valence-electron chi connectivity index (χ4n) is 5.50. The summed E-state index contributed by atoms with van der Waals surface area (Å²) < 4.78 is 32.1. The molecular weight excluding hydrogens is 539 g/mol. The van der Waals surface area contributed by atoms with E-state index in [0.29, 0.717) is 43.2 Å². The highest BCUT2D eigenvalue weighted by Crippen LogP contribution is 2.37. The van der Waals surface area contributed by atoms with Gasteiger partial charge in [-0.3, -0.25) is 0 Å². The summed E-state index contributed by atoms with van der Waals surface area (Å²) in [6, 6.07) is 7.15. The minimum atomic E-state index is -0.645. The van der Waals surface area contributed by atoms with Crippen LogP contribution in [0.3, 0.4) is 0 Å². The van der Waals surface area contributed by atoms with Crippen molar-refractivity contribution in [3.05, 3.63) is 41.4 Å². The lowest BCUT2D eigenvalue weighted by Gasteiger charge is -2.35. The Labute approximate surface area is 236 Å². The molecule has 212 valence electrons. The Morgan fingerprint density at radius 3 is 2.77 bits per heavy atom. The molecule has 0 spiro atoms. The van der Waals surface area contributed by atoms with Crippen LogP contribution in [0.1, 0.15) is 40.0 Å². The largest absolute Gasteiger partial charge is 0.489 e. The van der Waals surface area contributed by atoms with Gasteiger partial charge in [0.1, 0.15) is 40.6 Å². The molecule has 0 radical (unpaired) electrons. The number of ether oxygens (including phenoxy) is 3. The highest BCUT2D eigenvalue weighted by Gasteiger charge is 2.47.